The maximum atomic E-state index is 12.6. The minimum Gasteiger partial charge on any atom is -0.399 e. The van der Waals surface area contributed by atoms with Crippen molar-refractivity contribution in [3.63, 3.8) is 0 Å². The van der Waals surface area contributed by atoms with Crippen LogP contribution in [0.5, 0.6) is 0 Å². The topological polar surface area (TPSA) is 87.2 Å². The number of nitrogen functional groups attached to an aromatic ring is 1. The molecule has 0 amide bonds. The number of benzene rings is 1. The first kappa shape index (κ1) is 14.2. The Morgan fingerprint density at radius 1 is 1.53 bits per heavy atom. The molecule has 1 aliphatic rings. The van der Waals surface area contributed by atoms with Crippen LogP contribution in [-0.4, -0.2) is 36.8 Å². The predicted octanol–water partition coefficient (Wildman–Crippen LogP) is 1.27. The summed E-state index contributed by atoms with van der Waals surface area (Å²) in [5.41, 5.74) is 6.08. The summed E-state index contributed by atoms with van der Waals surface area (Å²) in [5, 5.41) is 9.08. The van der Waals surface area contributed by atoms with Crippen molar-refractivity contribution in [3.8, 4) is 6.07 Å². The van der Waals surface area contributed by atoms with E-state index in [4.69, 9.17) is 11.0 Å². The third-order valence-electron chi connectivity index (χ3n) is 3.02. The van der Waals surface area contributed by atoms with E-state index in [0.717, 1.165) is 11.5 Å². The van der Waals surface area contributed by atoms with Crippen LogP contribution in [0.2, 0.25) is 0 Å². The van der Waals surface area contributed by atoms with Crippen molar-refractivity contribution < 1.29 is 8.42 Å². The fourth-order valence-corrected chi connectivity index (χ4v) is 5.03. The van der Waals surface area contributed by atoms with Gasteiger partial charge in [0.15, 0.2) is 0 Å². The Morgan fingerprint density at radius 3 is 2.89 bits per heavy atom. The van der Waals surface area contributed by atoms with E-state index in [0.29, 0.717) is 12.2 Å². The number of hydrogen-bond acceptors (Lipinski definition) is 5. The number of nitrogens with two attached hydrogens (primary N) is 1. The highest BCUT2D eigenvalue weighted by atomic mass is 32.2. The van der Waals surface area contributed by atoms with Crippen molar-refractivity contribution in [2.75, 3.05) is 23.8 Å². The molecule has 1 unspecified atom stereocenters. The average molecular weight is 297 g/mol. The first-order valence-electron chi connectivity index (χ1n) is 5.86. The first-order valence-corrected chi connectivity index (χ1v) is 8.45. The fraction of sp³-hybridized carbons (Fsp3) is 0.417. The summed E-state index contributed by atoms with van der Waals surface area (Å²) in [6.07, 6.45) is 0. The number of thioether (sulfide) groups is 1. The normalized spacial score (nSPS) is 20.9. The molecule has 102 valence electrons. The van der Waals surface area contributed by atoms with E-state index in [1.165, 1.54) is 22.5 Å². The van der Waals surface area contributed by atoms with Crippen LogP contribution < -0.4 is 5.73 Å². The van der Waals surface area contributed by atoms with Gasteiger partial charge in [-0.05, 0) is 25.1 Å². The molecule has 0 spiro atoms. The van der Waals surface area contributed by atoms with E-state index in [2.05, 4.69) is 0 Å². The first-order chi connectivity index (χ1) is 8.96. The van der Waals surface area contributed by atoms with Gasteiger partial charge >= 0.3 is 0 Å². The van der Waals surface area contributed by atoms with Crippen LogP contribution in [0, 0.1) is 11.3 Å². The van der Waals surface area contributed by atoms with Crippen LogP contribution in [-0.2, 0) is 10.0 Å². The Bertz CT molecular complexity index is 622. The number of nitrogens with zero attached hydrogens (tertiary/aromatic N) is 2. The van der Waals surface area contributed by atoms with Crippen LogP contribution in [0.15, 0.2) is 23.1 Å². The second-order valence-electron chi connectivity index (χ2n) is 4.41. The summed E-state index contributed by atoms with van der Waals surface area (Å²) >= 11 is 1.74. The molecule has 19 heavy (non-hydrogen) atoms. The van der Waals surface area contributed by atoms with Crippen LogP contribution in [0.3, 0.4) is 0 Å². The van der Waals surface area contributed by atoms with E-state index in [1.807, 2.05) is 13.0 Å². The SMILES string of the molecule is CC1CSCCN1S(=O)(=O)c1ccc(N)cc1C#N. The molecule has 0 radical (unpaired) electrons. The molecule has 7 heteroatoms. The van der Waals surface area contributed by atoms with Gasteiger partial charge in [-0.3, -0.25) is 0 Å². The number of hydrogen-bond donors (Lipinski definition) is 1. The summed E-state index contributed by atoms with van der Waals surface area (Å²) in [7, 11) is -3.63. The zero-order valence-electron chi connectivity index (χ0n) is 10.5. The number of rotatable bonds is 2. The molecule has 5 nitrogen and oxygen atoms in total. The van der Waals surface area contributed by atoms with Gasteiger partial charge in [-0.1, -0.05) is 0 Å². The van der Waals surface area contributed by atoms with Crippen molar-refractivity contribution >= 4 is 27.5 Å². The second-order valence-corrected chi connectivity index (χ2v) is 7.42. The molecule has 0 aromatic heterocycles. The number of sulfonamides is 1. The van der Waals surface area contributed by atoms with Gasteiger partial charge in [-0.15, -0.1) is 0 Å². The molecular formula is C12H15N3O2S2. The molecule has 0 aliphatic carbocycles. The molecule has 0 bridgehead atoms. The van der Waals surface area contributed by atoms with Crippen molar-refractivity contribution in [1.82, 2.24) is 4.31 Å². The lowest BCUT2D eigenvalue weighted by Crippen LogP contribution is -2.44. The molecule has 1 aliphatic heterocycles. The summed E-state index contributed by atoms with van der Waals surface area (Å²) in [5.74, 6) is 1.55. The minimum absolute atomic E-state index is 0.0444. The van der Waals surface area contributed by atoms with Gasteiger partial charge in [-0.25, -0.2) is 8.42 Å². The Morgan fingerprint density at radius 2 is 2.26 bits per heavy atom. The summed E-state index contributed by atoms with van der Waals surface area (Å²) in [6.45, 7) is 2.36. The molecule has 1 saturated heterocycles. The van der Waals surface area contributed by atoms with Gasteiger partial charge in [-0.2, -0.15) is 21.3 Å². The highest BCUT2D eigenvalue weighted by Gasteiger charge is 2.32. The molecule has 1 heterocycles. The molecule has 2 rings (SSSR count). The van der Waals surface area contributed by atoms with E-state index >= 15 is 0 Å². The summed E-state index contributed by atoms with van der Waals surface area (Å²) < 4.78 is 26.7. The van der Waals surface area contributed by atoms with Crippen molar-refractivity contribution in [2.45, 2.75) is 17.9 Å². The van der Waals surface area contributed by atoms with Crippen LogP contribution in [0.25, 0.3) is 0 Å². The van der Waals surface area contributed by atoms with E-state index in [9.17, 15) is 8.42 Å². The molecule has 1 aromatic rings. The molecular weight excluding hydrogens is 282 g/mol. The summed E-state index contributed by atoms with van der Waals surface area (Å²) in [6, 6.07) is 6.17. The van der Waals surface area contributed by atoms with Crippen molar-refractivity contribution in [3.05, 3.63) is 23.8 Å². The zero-order chi connectivity index (χ0) is 14.0. The molecule has 0 saturated carbocycles. The van der Waals surface area contributed by atoms with Gasteiger partial charge in [0.05, 0.1) is 5.56 Å². The Kier molecular flexibility index (Phi) is 4.04. The van der Waals surface area contributed by atoms with E-state index in [-0.39, 0.29) is 16.5 Å². The Balaban J connectivity index is 2.48. The highest BCUT2D eigenvalue weighted by Crippen LogP contribution is 2.27. The molecule has 1 fully saturated rings. The van der Waals surface area contributed by atoms with Gasteiger partial charge in [0.25, 0.3) is 0 Å². The fourth-order valence-electron chi connectivity index (χ4n) is 2.06. The third kappa shape index (κ3) is 2.71. The maximum Gasteiger partial charge on any atom is 0.244 e. The van der Waals surface area contributed by atoms with Crippen LogP contribution in [0.1, 0.15) is 12.5 Å². The van der Waals surface area contributed by atoms with Crippen LogP contribution in [0.4, 0.5) is 5.69 Å². The highest BCUT2D eigenvalue weighted by molar-refractivity contribution is 7.99. The number of anilines is 1. The minimum atomic E-state index is -3.63. The largest absolute Gasteiger partial charge is 0.399 e. The van der Waals surface area contributed by atoms with Gasteiger partial charge in [0.2, 0.25) is 10.0 Å². The predicted molar refractivity (Wildman–Crippen MR) is 76.2 cm³/mol. The van der Waals surface area contributed by atoms with Gasteiger partial charge in [0.1, 0.15) is 11.0 Å². The lowest BCUT2D eigenvalue weighted by molar-refractivity contribution is 0.367. The Labute approximate surface area is 117 Å². The second kappa shape index (κ2) is 5.41. The van der Waals surface area contributed by atoms with Crippen molar-refractivity contribution in [2.24, 2.45) is 0 Å². The van der Waals surface area contributed by atoms with Crippen LogP contribution >= 0.6 is 11.8 Å². The zero-order valence-corrected chi connectivity index (χ0v) is 12.2. The van der Waals surface area contributed by atoms with Crippen molar-refractivity contribution in [1.29, 1.82) is 5.26 Å². The van der Waals surface area contributed by atoms with E-state index in [1.54, 1.807) is 11.8 Å². The average Bonchev–Trinajstić information content (AvgIpc) is 2.38. The Hall–Kier alpha value is -1.23. The third-order valence-corrected chi connectivity index (χ3v) is 6.28. The molecule has 2 N–H and O–H groups in total. The molecule has 1 atom stereocenters. The lowest BCUT2D eigenvalue weighted by Gasteiger charge is -2.32. The standard InChI is InChI=1S/C12H15N3O2S2/c1-9-8-18-5-4-15(9)19(16,17)12-3-2-11(14)6-10(12)7-13/h2-3,6,9H,4-5,8,14H2,1H3. The van der Waals surface area contributed by atoms with Gasteiger partial charge in [0, 0.05) is 29.8 Å². The maximum absolute atomic E-state index is 12.6. The smallest absolute Gasteiger partial charge is 0.244 e. The quantitative estimate of drug-likeness (QED) is 0.831. The van der Waals surface area contributed by atoms with E-state index < -0.39 is 10.0 Å². The van der Waals surface area contributed by atoms with Gasteiger partial charge < -0.3 is 5.73 Å². The molecule has 1 aromatic carbocycles. The number of nitriles is 1. The summed E-state index contributed by atoms with van der Waals surface area (Å²) in [4.78, 5) is 0.0444. The lowest BCUT2D eigenvalue weighted by atomic mass is 10.2. The monoisotopic (exact) mass is 297 g/mol.